The molecule has 0 spiro atoms. The molecule has 7 nitrogen and oxygen atoms in total. The van der Waals surface area contributed by atoms with Crippen molar-refractivity contribution in [1.29, 1.82) is 0 Å². The Labute approximate surface area is 214 Å². The van der Waals surface area contributed by atoms with Gasteiger partial charge in [-0.25, -0.2) is 8.42 Å². The van der Waals surface area contributed by atoms with E-state index in [1.54, 1.807) is 47.8 Å². The van der Waals surface area contributed by atoms with E-state index in [0.717, 1.165) is 24.3 Å². The summed E-state index contributed by atoms with van der Waals surface area (Å²) in [6.07, 6.45) is 9.35. The lowest BCUT2D eigenvalue weighted by Gasteiger charge is -2.31. The first-order valence-electron chi connectivity index (χ1n) is 12.7. The van der Waals surface area contributed by atoms with Crippen LogP contribution in [0.5, 0.6) is 5.75 Å². The number of methoxy groups -OCH3 is 1. The zero-order valence-electron chi connectivity index (χ0n) is 20.9. The third-order valence-electron chi connectivity index (χ3n) is 6.40. The molecule has 0 atom stereocenters. The summed E-state index contributed by atoms with van der Waals surface area (Å²) in [6.45, 7) is 4.60. The Morgan fingerprint density at radius 2 is 1.83 bits per heavy atom. The van der Waals surface area contributed by atoms with E-state index in [-0.39, 0.29) is 12.5 Å². The topological polar surface area (TPSA) is 87.7 Å². The monoisotopic (exact) mass is 521 g/mol. The molecule has 0 unspecified atom stereocenters. The lowest BCUT2D eigenvalue weighted by Crippen LogP contribution is -2.44. The third kappa shape index (κ3) is 8.31. The van der Waals surface area contributed by atoms with Crippen molar-refractivity contribution in [3.8, 4) is 5.75 Å². The predicted octanol–water partition coefficient (Wildman–Crippen LogP) is 4.79. The molecule has 194 valence electrons. The van der Waals surface area contributed by atoms with Gasteiger partial charge in [0.1, 0.15) is 9.96 Å². The Morgan fingerprint density at radius 3 is 2.57 bits per heavy atom. The number of hydrogen-bond acceptors (Lipinski definition) is 6. The molecule has 1 aliphatic rings. The van der Waals surface area contributed by atoms with Gasteiger partial charge in [0.25, 0.3) is 15.9 Å². The van der Waals surface area contributed by atoms with Crippen molar-refractivity contribution in [2.24, 2.45) is 0 Å². The molecule has 9 heteroatoms. The Bertz CT molecular complexity index is 1030. The van der Waals surface area contributed by atoms with Crippen LogP contribution in [0.25, 0.3) is 0 Å². The maximum Gasteiger partial charge on any atom is 0.252 e. The lowest BCUT2D eigenvalue weighted by molar-refractivity contribution is 0.0951. The van der Waals surface area contributed by atoms with Gasteiger partial charge in [-0.05, 0) is 56.1 Å². The maximum atomic E-state index is 13.1. The van der Waals surface area contributed by atoms with E-state index >= 15 is 0 Å². The first-order chi connectivity index (χ1) is 16.9. The summed E-state index contributed by atoms with van der Waals surface area (Å²) in [5.41, 5.74) is 0.502. The van der Waals surface area contributed by atoms with Gasteiger partial charge in [-0.2, -0.15) is 4.31 Å². The summed E-state index contributed by atoms with van der Waals surface area (Å²) >= 11 is 1.22. The predicted molar refractivity (Wildman–Crippen MR) is 142 cm³/mol. The SMILES string of the molecule is CCCCCCCCNC1CCN(S(=O)(=O)c2ccc(CNC(=O)c3cccc(OC)c3)s2)CC1. The molecule has 1 saturated heterocycles. The van der Waals surface area contributed by atoms with Gasteiger partial charge >= 0.3 is 0 Å². The van der Waals surface area contributed by atoms with Gasteiger partial charge in [-0.1, -0.05) is 45.1 Å². The molecule has 1 amide bonds. The second-order valence-electron chi connectivity index (χ2n) is 9.04. The van der Waals surface area contributed by atoms with Gasteiger partial charge in [0.05, 0.1) is 13.7 Å². The highest BCUT2D eigenvalue weighted by Crippen LogP contribution is 2.27. The Kier molecular flexibility index (Phi) is 11.0. The molecule has 0 saturated carbocycles. The Hall–Kier alpha value is -1.94. The van der Waals surface area contributed by atoms with Crippen molar-refractivity contribution in [3.05, 3.63) is 46.8 Å². The second kappa shape index (κ2) is 14.0. The second-order valence-corrected chi connectivity index (χ2v) is 12.4. The number of unbranched alkanes of at least 4 members (excludes halogenated alkanes) is 5. The number of ether oxygens (including phenoxy) is 1. The van der Waals surface area contributed by atoms with E-state index in [2.05, 4.69) is 17.6 Å². The number of nitrogens with zero attached hydrogens (tertiary/aromatic N) is 1. The van der Waals surface area contributed by atoms with Crippen LogP contribution in [-0.4, -0.2) is 51.4 Å². The fraction of sp³-hybridized carbons (Fsp3) is 0.577. The Balaban J connectivity index is 1.43. The van der Waals surface area contributed by atoms with Crippen molar-refractivity contribution in [2.45, 2.75) is 75.1 Å². The van der Waals surface area contributed by atoms with Gasteiger partial charge in [0, 0.05) is 29.6 Å². The number of sulfonamides is 1. The summed E-state index contributed by atoms with van der Waals surface area (Å²) in [5, 5.41) is 6.46. The molecule has 2 N–H and O–H groups in total. The van der Waals surface area contributed by atoms with E-state index in [0.29, 0.717) is 34.7 Å². The lowest BCUT2D eigenvalue weighted by atomic mass is 10.1. The number of piperidine rings is 1. The summed E-state index contributed by atoms with van der Waals surface area (Å²) in [6, 6.07) is 10.7. The van der Waals surface area contributed by atoms with Crippen LogP contribution in [0.1, 0.15) is 73.5 Å². The minimum Gasteiger partial charge on any atom is -0.497 e. The zero-order chi connectivity index (χ0) is 25.1. The van der Waals surface area contributed by atoms with Crippen LogP contribution < -0.4 is 15.4 Å². The molecule has 35 heavy (non-hydrogen) atoms. The molecule has 0 bridgehead atoms. The molecule has 0 radical (unpaired) electrons. The van der Waals surface area contributed by atoms with Crippen molar-refractivity contribution < 1.29 is 17.9 Å². The van der Waals surface area contributed by atoms with Crippen molar-refractivity contribution in [1.82, 2.24) is 14.9 Å². The van der Waals surface area contributed by atoms with Crippen molar-refractivity contribution >= 4 is 27.3 Å². The number of carbonyl (C=O) groups excluding carboxylic acids is 1. The number of thiophene rings is 1. The van der Waals surface area contributed by atoms with Crippen LogP contribution in [0.15, 0.2) is 40.6 Å². The largest absolute Gasteiger partial charge is 0.497 e. The standard InChI is InChI=1S/C26H39N3O4S2/c1-3-4-5-6-7-8-16-27-22-14-17-29(18-15-22)35(31,32)25-13-12-24(34-25)20-28-26(30)21-10-9-11-23(19-21)33-2/h9-13,19,22,27H,3-8,14-18,20H2,1-2H3,(H,28,30). The summed E-state index contributed by atoms with van der Waals surface area (Å²) in [4.78, 5) is 13.2. The summed E-state index contributed by atoms with van der Waals surface area (Å²) < 4.78 is 33.4. The van der Waals surface area contributed by atoms with Crippen molar-refractivity contribution in [3.63, 3.8) is 0 Å². The number of hydrogen-bond donors (Lipinski definition) is 2. The number of rotatable bonds is 14. The van der Waals surface area contributed by atoms with Gasteiger partial charge in [-0.3, -0.25) is 4.79 Å². The van der Waals surface area contributed by atoms with Crippen molar-refractivity contribution in [2.75, 3.05) is 26.7 Å². The molecule has 1 aromatic heterocycles. The van der Waals surface area contributed by atoms with E-state index in [4.69, 9.17) is 4.74 Å². The first kappa shape index (κ1) is 27.6. The van der Waals surface area contributed by atoms with E-state index in [1.807, 2.05) is 0 Å². The van der Waals surface area contributed by atoms with Gasteiger partial charge in [0.15, 0.2) is 0 Å². The quantitative estimate of drug-likeness (QED) is 0.349. The van der Waals surface area contributed by atoms with Crippen LogP contribution in [0.3, 0.4) is 0 Å². The number of benzene rings is 1. The maximum absolute atomic E-state index is 13.1. The minimum absolute atomic E-state index is 0.225. The Morgan fingerprint density at radius 1 is 1.09 bits per heavy atom. The molecule has 2 aromatic rings. The fourth-order valence-corrected chi connectivity index (χ4v) is 7.18. The number of nitrogens with one attached hydrogen (secondary N) is 2. The fourth-order valence-electron chi connectivity index (χ4n) is 4.26. The third-order valence-corrected chi connectivity index (χ3v) is 9.85. The average molecular weight is 522 g/mol. The summed E-state index contributed by atoms with van der Waals surface area (Å²) in [5.74, 6) is 0.390. The first-order valence-corrected chi connectivity index (χ1v) is 14.9. The summed E-state index contributed by atoms with van der Waals surface area (Å²) in [7, 11) is -1.95. The van der Waals surface area contributed by atoms with Gasteiger partial charge in [0.2, 0.25) is 0 Å². The van der Waals surface area contributed by atoms with Crippen LogP contribution >= 0.6 is 11.3 Å². The molecule has 1 aliphatic heterocycles. The highest BCUT2D eigenvalue weighted by Gasteiger charge is 2.30. The molecule has 2 heterocycles. The van der Waals surface area contributed by atoms with E-state index < -0.39 is 10.0 Å². The van der Waals surface area contributed by atoms with Gasteiger partial charge < -0.3 is 15.4 Å². The molecular formula is C26H39N3O4S2. The molecule has 1 aromatic carbocycles. The molecule has 3 rings (SSSR count). The van der Waals surface area contributed by atoms with Crippen LogP contribution in [0, 0.1) is 0 Å². The molecular weight excluding hydrogens is 482 g/mol. The highest BCUT2D eigenvalue weighted by molar-refractivity contribution is 7.91. The van der Waals surface area contributed by atoms with Gasteiger partial charge in [-0.15, -0.1) is 11.3 Å². The van der Waals surface area contributed by atoms with E-state index in [9.17, 15) is 13.2 Å². The molecule has 1 fully saturated rings. The minimum atomic E-state index is -3.51. The highest BCUT2D eigenvalue weighted by atomic mass is 32.2. The number of amides is 1. The van der Waals surface area contributed by atoms with Crippen LogP contribution in [-0.2, 0) is 16.6 Å². The van der Waals surface area contributed by atoms with Crippen LogP contribution in [0.2, 0.25) is 0 Å². The smallest absolute Gasteiger partial charge is 0.252 e. The normalized spacial score (nSPS) is 15.3. The molecule has 0 aliphatic carbocycles. The number of carbonyl (C=O) groups is 1. The average Bonchev–Trinajstić information content (AvgIpc) is 3.37. The van der Waals surface area contributed by atoms with E-state index in [1.165, 1.54) is 49.9 Å². The van der Waals surface area contributed by atoms with Crippen LogP contribution in [0.4, 0.5) is 0 Å². The zero-order valence-corrected chi connectivity index (χ0v) is 22.6.